The number of amides is 2. The highest BCUT2D eigenvalue weighted by Gasteiger charge is 2.47. The molecule has 4 nitrogen and oxygen atoms in total. The normalized spacial score (nSPS) is 28.2. The van der Waals surface area contributed by atoms with E-state index in [1.54, 1.807) is 0 Å². The first-order valence-electron chi connectivity index (χ1n) is 10.5. The highest BCUT2D eigenvalue weighted by Crippen LogP contribution is 2.33. The third kappa shape index (κ3) is 4.20. The van der Waals surface area contributed by atoms with Gasteiger partial charge < -0.3 is 10.2 Å². The van der Waals surface area contributed by atoms with Gasteiger partial charge in [0.2, 0.25) is 5.91 Å². The van der Waals surface area contributed by atoms with E-state index in [-0.39, 0.29) is 17.9 Å². The van der Waals surface area contributed by atoms with Crippen LogP contribution in [0.25, 0.3) is 0 Å². The molecule has 3 rings (SSSR count). The van der Waals surface area contributed by atoms with Gasteiger partial charge in [0.1, 0.15) is 5.54 Å². The molecule has 1 aromatic rings. The Bertz CT molecular complexity index is 691. The summed E-state index contributed by atoms with van der Waals surface area (Å²) < 4.78 is 0. The second kappa shape index (κ2) is 8.04. The summed E-state index contributed by atoms with van der Waals surface area (Å²) >= 11 is 0. The van der Waals surface area contributed by atoms with E-state index >= 15 is 0 Å². The van der Waals surface area contributed by atoms with Crippen molar-refractivity contribution in [1.29, 1.82) is 0 Å². The lowest BCUT2D eigenvalue weighted by Gasteiger charge is -2.45. The molecule has 2 aliphatic rings. The molecule has 1 aliphatic carbocycles. The minimum atomic E-state index is -0.816. The first kappa shape index (κ1) is 19.9. The molecule has 1 aromatic carbocycles. The summed E-state index contributed by atoms with van der Waals surface area (Å²) in [5.41, 5.74) is 0.917. The molecular weight excluding hydrogens is 336 g/mol. The Balaban J connectivity index is 1.84. The number of nitrogens with one attached hydrogen (secondary N) is 1. The number of hydrogen-bond acceptors (Lipinski definition) is 2. The molecule has 1 N–H and O–H groups in total. The molecular formula is C23H34N2O2. The van der Waals surface area contributed by atoms with Crippen LogP contribution in [0.15, 0.2) is 24.3 Å². The fraction of sp³-hybridized carbons (Fsp3) is 0.652. The van der Waals surface area contributed by atoms with Crippen molar-refractivity contribution in [3.8, 4) is 0 Å². The van der Waals surface area contributed by atoms with Crippen LogP contribution in [0.3, 0.4) is 0 Å². The molecule has 1 atom stereocenters. The van der Waals surface area contributed by atoms with Gasteiger partial charge in [-0.1, -0.05) is 39.0 Å². The SMILES string of the molecule is CC(C)CCN1C(=O)c2ccccc2C[C@@]1(C)C(=O)NC1CCC(C)CC1. The average Bonchev–Trinajstić information content (AvgIpc) is 2.63. The lowest BCUT2D eigenvalue weighted by atomic mass is 9.81. The minimum Gasteiger partial charge on any atom is -0.351 e. The van der Waals surface area contributed by atoms with Crippen LogP contribution in [-0.4, -0.2) is 34.8 Å². The molecule has 1 heterocycles. The number of benzene rings is 1. The van der Waals surface area contributed by atoms with Gasteiger partial charge in [-0.15, -0.1) is 0 Å². The maximum atomic E-state index is 13.4. The van der Waals surface area contributed by atoms with Gasteiger partial charge in [0.25, 0.3) is 5.91 Å². The Kier molecular flexibility index (Phi) is 5.92. The molecule has 1 fully saturated rings. The summed E-state index contributed by atoms with van der Waals surface area (Å²) in [7, 11) is 0. The van der Waals surface area contributed by atoms with E-state index in [9.17, 15) is 9.59 Å². The van der Waals surface area contributed by atoms with Crippen LogP contribution in [0.4, 0.5) is 0 Å². The Labute approximate surface area is 163 Å². The van der Waals surface area contributed by atoms with Gasteiger partial charge in [0.05, 0.1) is 0 Å². The van der Waals surface area contributed by atoms with E-state index in [1.165, 1.54) is 12.8 Å². The zero-order valence-corrected chi connectivity index (χ0v) is 17.3. The molecule has 0 unspecified atom stereocenters. The average molecular weight is 371 g/mol. The van der Waals surface area contributed by atoms with Crippen molar-refractivity contribution in [2.75, 3.05) is 6.54 Å². The molecule has 0 radical (unpaired) electrons. The van der Waals surface area contributed by atoms with Crippen molar-refractivity contribution in [3.63, 3.8) is 0 Å². The predicted octanol–water partition coefficient (Wildman–Crippen LogP) is 4.18. The third-order valence-corrected chi connectivity index (χ3v) is 6.39. The summed E-state index contributed by atoms with van der Waals surface area (Å²) in [6.45, 7) is 9.16. The van der Waals surface area contributed by atoms with Crippen LogP contribution >= 0.6 is 0 Å². The molecule has 0 aromatic heterocycles. The molecule has 4 heteroatoms. The zero-order chi connectivity index (χ0) is 19.6. The van der Waals surface area contributed by atoms with Gasteiger partial charge in [-0.2, -0.15) is 0 Å². The minimum absolute atomic E-state index is 0.00702. The molecule has 0 saturated heterocycles. The Hall–Kier alpha value is -1.84. The van der Waals surface area contributed by atoms with Gasteiger partial charge in [0.15, 0.2) is 0 Å². The largest absolute Gasteiger partial charge is 0.351 e. The van der Waals surface area contributed by atoms with Crippen LogP contribution in [0.2, 0.25) is 0 Å². The van der Waals surface area contributed by atoms with E-state index in [0.29, 0.717) is 18.9 Å². The molecule has 1 aliphatic heterocycles. The fourth-order valence-corrected chi connectivity index (χ4v) is 4.40. The monoisotopic (exact) mass is 370 g/mol. The lowest BCUT2D eigenvalue weighted by molar-refractivity contribution is -0.132. The van der Waals surface area contributed by atoms with E-state index in [0.717, 1.165) is 36.3 Å². The maximum Gasteiger partial charge on any atom is 0.255 e. The smallest absolute Gasteiger partial charge is 0.255 e. The van der Waals surface area contributed by atoms with Crippen LogP contribution in [0.1, 0.15) is 75.7 Å². The maximum absolute atomic E-state index is 13.4. The van der Waals surface area contributed by atoms with Gasteiger partial charge in [0, 0.05) is 24.6 Å². The van der Waals surface area contributed by atoms with Crippen LogP contribution < -0.4 is 5.32 Å². The number of carbonyl (C=O) groups excluding carboxylic acids is 2. The fourth-order valence-electron chi connectivity index (χ4n) is 4.40. The molecule has 2 amide bonds. The number of hydrogen-bond donors (Lipinski definition) is 1. The summed E-state index contributed by atoms with van der Waals surface area (Å²) in [4.78, 5) is 28.4. The molecule has 0 spiro atoms. The first-order chi connectivity index (χ1) is 12.8. The summed E-state index contributed by atoms with van der Waals surface area (Å²) in [6, 6.07) is 7.98. The summed E-state index contributed by atoms with van der Waals surface area (Å²) in [6.07, 6.45) is 5.90. The molecule has 1 saturated carbocycles. The van der Waals surface area contributed by atoms with Crippen LogP contribution in [0.5, 0.6) is 0 Å². The predicted molar refractivity (Wildman–Crippen MR) is 109 cm³/mol. The van der Waals surface area contributed by atoms with Gasteiger partial charge >= 0.3 is 0 Å². The van der Waals surface area contributed by atoms with Gasteiger partial charge in [-0.3, -0.25) is 9.59 Å². The van der Waals surface area contributed by atoms with E-state index < -0.39 is 5.54 Å². The Morgan fingerprint density at radius 1 is 1.22 bits per heavy atom. The topological polar surface area (TPSA) is 49.4 Å². The van der Waals surface area contributed by atoms with Crippen molar-refractivity contribution < 1.29 is 9.59 Å². The first-order valence-corrected chi connectivity index (χ1v) is 10.5. The lowest BCUT2D eigenvalue weighted by Crippen LogP contribution is -2.64. The Morgan fingerprint density at radius 3 is 2.56 bits per heavy atom. The van der Waals surface area contributed by atoms with Crippen LogP contribution in [0, 0.1) is 11.8 Å². The van der Waals surface area contributed by atoms with Crippen LogP contribution in [-0.2, 0) is 11.2 Å². The van der Waals surface area contributed by atoms with Gasteiger partial charge in [-0.25, -0.2) is 0 Å². The number of rotatable bonds is 5. The van der Waals surface area contributed by atoms with E-state index in [1.807, 2.05) is 36.1 Å². The third-order valence-electron chi connectivity index (χ3n) is 6.39. The molecule has 27 heavy (non-hydrogen) atoms. The van der Waals surface area contributed by atoms with E-state index in [2.05, 4.69) is 26.1 Å². The van der Waals surface area contributed by atoms with Crippen molar-refractivity contribution in [2.24, 2.45) is 11.8 Å². The van der Waals surface area contributed by atoms with Crippen molar-refractivity contribution in [1.82, 2.24) is 10.2 Å². The van der Waals surface area contributed by atoms with Crippen molar-refractivity contribution in [3.05, 3.63) is 35.4 Å². The van der Waals surface area contributed by atoms with Crippen molar-refractivity contribution >= 4 is 11.8 Å². The highest BCUT2D eigenvalue weighted by molar-refractivity contribution is 6.02. The second-order valence-electron chi connectivity index (χ2n) is 9.18. The number of carbonyl (C=O) groups is 2. The number of fused-ring (bicyclic) bond motifs is 1. The molecule has 148 valence electrons. The molecule has 0 bridgehead atoms. The standard InChI is InChI=1S/C23H34N2O2/c1-16(2)13-14-25-21(26)20-8-6-5-7-18(20)15-23(25,4)22(27)24-19-11-9-17(3)10-12-19/h5-8,16-17,19H,9-15H2,1-4H3,(H,24,27)/t17?,19?,23-/m0/s1. The highest BCUT2D eigenvalue weighted by atomic mass is 16.2. The number of nitrogens with zero attached hydrogens (tertiary/aromatic N) is 1. The zero-order valence-electron chi connectivity index (χ0n) is 17.3. The Morgan fingerprint density at radius 2 is 1.89 bits per heavy atom. The summed E-state index contributed by atoms with van der Waals surface area (Å²) in [5, 5.41) is 3.29. The second-order valence-corrected chi connectivity index (χ2v) is 9.18. The van der Waals surface area contributed by atoms with E-state index in [4.69, 9.17) is 0 Å². The van der Waals surface area contributed by atoms with Gasteiger partial charge in [-0.05, 0) is 62.5 Å². The van der Waals surface area contributed by atoms with Crippen molar-refractivity contribution in [2.45, 2.75) is 77.8 Å². The quantitative estimate of drug-likeness (QED) is 0.845. The summed E-state index contributed by atoms with van der Waals surface area (Å²) in [5.74, 6) is 1.24.